The molecule has 21 heavy (non-hydrogen) atoms. The molecule has 2 aliphatic rings. The molecule has 6 heteroatoms. The summed E-state index contributed by atoms with van der Waals surface area (Å²) in [4.78, 5) is 30.5. The lowest BCUT2D eigenvalue weighted by atomic mass is 10.0. The second kappa shape index (κ2) is 6.75. The third kappa shape index (κ3) is 4.17. The van der Waals surface area contributed by atoms with Crippen LogP contribution in [0.25, 0.3) is 0 Å². The van der Waals surface area contributed by atoms with Gasteiger partial charge in [-0.3, -0.25) is 9.59 Å². The fourth-order valence-electron chi connectivity index (χ4n) is 3.24. The van der Waals surface area contributed by atoms with Crippen molar-refractivity contribution in [1.82, 2.24) is 20.0 Å². The summed E-state index contributed by atoms with van der Waals surface area (Å²) in [5.41, 5.74) is 0. The van der Waals surface area contributed by atoms with E-state index in [1.165, 1.54) is 0 Å². The molecule has 1 N–H and O–H groups in total. The van der Waals surface area contributed by atoms with Crippen LogP contribution in [-0.4, -0.2) is 85.4 Å². The Morgan fingerprint density at radius 3 is 2.43 bits per heavy atom. The number of hydrogen-bond acceptors (Lipinski definition) is 4. The van der Waals surface area contributed by atoms with Crippen molar-refractivity contribution >= 4 is 11.8 Å². The van der Waals surface area contributed by atoms with Gasteiger partial charge in [-0.05, 0) is 27.9 Å². The smallest absolute Gasteiger partial charge is 0.228 e. The number of nitrogens with zero attached hydrogens (tertiary/aromatic N) is 3. The second-order valence-corrected chi connectivity index (χ2v) is 6.76. The number of nitrogens with one attached hydrogen (secondary N) is 1. The van der Waals surface area contributed by atoms with Gasteiger partial charge in [0.25, 0.3) is 0 Å². The lowest BCUT2D eigenvalue weighted by molar-refractivity contribution is -0.137. The highest BCUT2D eigenvalue weighted by molar-refractivity contribution is 5.89. The normalized spacial score (nSPS) is 30.3. The largest absolute Gasteiger partial charge is 0.341 e. The first-order chi connectivity index (χ1) is 9.86. The van der Waals surface area contributed by atoms with Gasteiger partial charge in [-0.1, -0.05) is 0 Å². The number of rotatable bonds is 4. The first-order valence-corrected chi connectivity index (χ1v) is 7.84. The third-order valence-corrected chi connectivity index (χ3v) is 4.25. The number of hydrogen-bond donors (Lipinski definition) is 1. The topological polar surface area (TPSA) is 55.9 Å². The van der Waals surface area contributed by atoms with E-state index in [9.17, 15) is 9.59 Å². The lowest BCUT2D eigenvalue weighted by Gasteiger charge is -2.37. The lowest BCUT2D eigenvalue weighted by Crippen LogP contribution is -2.57. The molecule has 0 aromatic carbocycles. The fraction of sp³-hybridized carbons (Fsp3) is 0.867. The minimum Gasteiger partial charge on any atom is -0.341 e. The monoisotopic (exact) mass is 296 g/mol. The molecule has 120 valence electrons. The Balaban J connectivity index is 1.90. The average molecular weight is 296 g/mol. The Morgan fingerprint density at radius 1 is 1.24 bits per heavy atom. The molecule has 2 fully saturated rings. The SMILES string of the molecule is C[C@@H]1CN(C(=O)[C@H]2CC(=O)N(CCN(C)C)C2)C[C@H](C)N1. The highest BCUT2D eigenvalue weighted by Crippen LogP contribution is 2.21. The van der Waals surface area contributed by atoms with Crippen LogP contribution in [0.1, 0.15) is 20.3 Å². The van der Waals surface area contributed by atoms with Crippen LogP contribution in [0.15, 0.2) is 0 Å². The van der Waals surface area contributed by atoms with Gasteiger partial charge in [0, 0.05) is 51.2 Å². The number of piperazine rings is 1. The van der Waals surface area contributed by atoms with Gasteiger partial charge < -0.3 is 20.0 Å². The van der Waals surface area contributed by atoms with Crippen molar-refractivity contribution in [1.29, 1.82) is 0 Å². The molecule has 2 heterocycles. The van der Waals surface area contributed by atoms with Crippen LogP contribution in [0.2, 0.25) is 0 Å². The summed E-state index contributed by atoms with van der Waals surface area (Å²) in [7, 11) is 3.99. The van der Waals surface area contributed by atoms with E-state index < -0.39 is 0 Å². The molecule has 0 spiro atoms. The van der Waals surface area contributed by atoms with Crippen LogP contribution in [0.4, 0.5) is 0 Å². The van der Waals surface area contributed by atoms with Crippen molar-refractivity contribution in [3.63, 3.8) is 0 Å². The molecule has 2 saturated heterocycles. The van der Waals surface area contributed by atoms with Gasteiger partial charge in [-0.15, -0.1) is 0 Å². The maximum Gasteiger partial charge on any atom is 0.228 e. The van der Waals surface area contributed by atoms with E-state index in [1.54, 1.807) is 0 Å². The maximum atomic E-state index is 12.6. The highest BCUT2D eigenvalue weighted by atomic mass is 16.2. The second-order valence-electron chi connectivity index (χ2n) is 6.76. The Labute approximate surface area is 127 Å². The predicted octanol–water partition coefficient (Wildman–Crippen LogP) is -0.395. The first kappa shape index (κ1) is 16.2. The number of carbonyl (C=O) groups is 2. The summed E-state index contributed by atoms with van der Waals surface area (Å²) in [6, 6.07) is 0.638. The van der Waals surface area contributed by atoms with Crippen LogP contribution < -0.4 is 5.32 Å². The summed E-state index contributed by atoms with van der Waals surface area (Å²) in [6.07, 6.45) is 0.374. The number of carbonyl (C=O) groups excluding carboxylic acids is 2. The molecular weight excluding hydrogens is 268 g/mol. The predicted molar refractivity (Wildman–Crippen MR) is 81.9 cm³/mol. The van der Waals surface area contributed by atoms with Crippen molar-refractivity contribution in [2.45, 2.75) is 32.4 Å². The van der Waals surface area contributed by atoms with Gasteiger partial charge in [0.2, 0.25) is 11.8 Å². The Hall–Kier alpha value is -1.14. The Bertz CT molecular complexity index is 389. The molecule has 6 nitrogen and oxygen atoms in total. The minimum atomic E-state index is -0.155. The van der Waals surface area contributed by atoms with Crippen LogP contribution >= 0.6 is 0 Å². The van der Waals surface area contributed by atoms with E-state index in [2.05, 4.69) is 24.1 Å². The van der Waals surface area contributed by atoms with Crippen molar-refractivity contribution < 1.29 is 9.59 Å². The number of likely N-dealkylation sites (tertiary alicyclic amines) is 1. The average Bonchev–Trinajstić information content (AvgIpc) is 2.75. The molecule has 3 atom stereocenters. The summed E-state index contributed by atoms with van der Waals surface area (Å²) in [5, 5.41) is 3.43. The van der Waals surface area contributed by atoms with E-state index >= 15 is 0 Å². The van der Waals surface area contributed by atoms with Crippen molar-refractivity contribution in [3.8, 4) is 0 Å². The summed E-state index contributed by atoms with van der Waals surface area (Å²) >= 11 is 0. The van der Waals surface area contributed by atoms with Gasteiger partial charge in [-0.25, -0.2) is 0 Å². The van der Waals surface area contributed by atoms with E-state index in [-0.39, 0.29) is 17.7 Å². The van der Waals surface area contributed by atoms with Crippen LogP contribution in [-0.2, 0) is 9.59 Å². The standard InChI is InChI=1S/C15H28N4O2/c1-11-8-19(9-12(2)16-11)15(21)13-7-14(20)18(10-13)6-5-17(3)4/h11-13,16H,5-10H2,1-4H3/t11-,12+,13-/m0/s1. The van der Waals surface area contributed by atoms with Gasteiger partial charge in [0.15, 0.2) is 0 Å². The zero-order valence-electron chi connectivity index (χ0n) is 13.6. The van der Waals surface area contributed by atoms with Gasteiger partial charge in [0.1, 0.15) is 0 Å². The fourth-order valence-corrected chi connectivity index (χ4v) is 3.24. The number of amides is 2. The zero-order valence-corrected chi connectivity index (χ0v) is 13.6. The molecule has 0 aliphatic carbocycles. The van der Waals surface area contributed by atoms with E-state index in [1.807, 2.05) is 23.9 Å². The van der Waals surface area contributed by atoms with Crippen molar-refractivity contribution in [2.24, 2.45) is 5.92 Å². The molecule has 0 unspecified atom stereocenters. The quantitative estimate of drug-likeness (QED) is 0.767. The molecule has 2 aliphatic heterocycles. The molecule has 0 aromatic heterocycles. The molecule has 2 rings (SSSR count). The summed E-state index contributed by atoms with van der Waals surface area (Å²) in [5.74, 6) is 0.111. The van der Waals surface area contributed by atoms with Crippen LogP contribution in [0.3, 0.4) is 0 Å². The van der Waals surface area contributed by atoms with Gasteiger partial charge in [0.05, 0.1) is 5.92 Å². The summed E-state index contributed by atoms with van der Waals surface area (Å²) in [6.45, 7) is 7.81. The molecule has 0 aromatic rings. The van der Waals surface area contributed by atoms with E-state index in [0.717, 1.165) is 19.6 Å². The highest BCUT2D eigenvalue weighted by Gasteiger charge is 2.37. The van der Waals surface area contributed by atoms with Crippen LogP contribution in [0, 0.1) is 5.92 Å². The van der Waals surface area contributed by atoms with E-state index in [4.69, 9.17) is 0 Å². The summed E-state index contributed by atoms with van der Waals surface area (Å²) < 4.78 is 0. The number of likely N-dealkylation sites (N-methyl/N-ethyl adjacent to an activating group) is 1. The Kier molecular flexibility index (Phi) is 5.22. The molecule has 0 saturated carbocycles. The van der Waals surface area contributed by atoms with Crippen molar-refractivity contribution in [2.75, 3.05) is 46.8 Å². The maximum absolute atomic E-state index is 12.6. The van der Waals surface area contributed by atoms with Gasteiger partial charge in [-0.2, -0.15) is 0 Å². The molecule has 0 radical (unpaired) electrons. The van der Waals surface area contributed by atoms with Gasteiger partial charge >= 0.3 is 0 Å². The van der Waals surface area contributed by atoms with Crippen molar-refractivity contribution in [3.05, 3.63) is 0 Å². The van der Waals surface area contributed by atoms with E-state index in [0.29, 0.717) is 31.6 Å². The minimum absolute atomic E-state index is 0.117. The Morgan fingerprint density at radius 2 is 1.86 bits per heavy atom. The molecule has 0 bridgehead atoms. The molecular formula is C15H28N4O2. The third-order valence-electron chi connectivity index (χ3n) is 4.25. The van der Waals surface area contributed by atoms with Crippen LogP contribution in [0.5, 0.6) is 0 Å². The first-order valence-electron chi connectivity index (χ1n) is 7.84. The molecule has 2 amide bonds. The zero-order chi connectivity index (χ0) is 15.6.